The maximum Gasteiger partial charge on any atom is 0.222 e. The summed E-state index contributed by atoms with van der Waals surface area (Å²) in [4.78, 5) is 21.5. The lowest BCUT2D eigenvalue weighted by atomic mass is 10.4. The molecule has 1 aromatic heterocycles. The van der Waals surface area contributed by atoms with Crippen molar-refractivity contribution in [3.05, 3.63) is 31.1 Å². The van der Waals surface area contributed by atoms with E-state index in [0.29, 0.717) is 0 Å². The number of hydrogen-bond donors (Lipinski definition) is 3. The minimum absolute atomic E-state index is 0.130. The fraction of sp³-hybridized carbons (Fsp3) is 0.333. The summed E-state index contributed by atoms with van der Waals surface area (Å²) >= 11 is 0. The van der Waals surface area contributed by atoms with Gasteiger partial charge in [-0.3, -0.25) is 4.79 Å². The molecule has 0 bridgehead atoms. The first kappa shape index (κ1) is 19.8. The highest BCUT2D eigenvalue weighted by atomic mass is 16.1. The quantitative estimate of drug-likeness (QED) is 0.435. The van der Waals surface area contributed by atoms with Crippen LogP contribution in [0.5, 0.6) is 0 Å². The zero-order chi connectivity index (χ0) is 13.4. The van der Waals surface area contributed by atoms with Gasteiger partial charge in [0.25, 0.3) is 0 Å². The highest BCUT2D eigenvalue weighted by Crippen LogP contribution is 1.86. The molecule has 1 aromatic rings. The van der Waals surface area contributed by atoms with Gasteiger partial charge < -0.3 is 17.2 Å². The predicted molar refractivity (Wildman–Crippen MR) is 64.7 cm³/mol. The molecule has 1 rings (SSSR count). The van der Waals surface area contributed by atoms with Crippen LogP contribution in [0.2, 0.25) is 0 Å². The third-order valence-electron chi connectivity index (χ3n) is 0.899. The van der Waals surface area contributed by atoms with Crippen LogP contribution in [-0.4, -0.2) is 41.9 Å². The van der Waals surface area contributed by atoms with Crippen molar-refractivity contribution in [3.63, 3.8) is 0 Å². The maximum absolute atomic E-state index is 10.7. The smallest absolute Gasteiger partial charge is 0.222 e. The van der Waals surface area contributed by atoms with Crippen molar-refractivity contribution in [1.29, 1.82) is 0 Å². The Morgan fingerprint density at radius 1 is 1.12 bits per heavy atom. The lowest BCUT2D eigenvalue weighted by Gasteiger charge is -1.88. The Balaban J connectivity index is -0.000000245. The molecule has 0 amide bonds. The minimum atomic E-state index is -0.289. The zero-order valence-electron chi connectivity index (χ0n) is 9.92. The summed E-state index contributed by atoms with van der Waals surface area (Å²) < 4.78 is 0. The van der Waals surface area contributed by atoms with E-state index < -0.39 is 0 Å². The molecule has 0 radical (unpaired) electrons. The van der Waals surface area contributed by atoms with Crippen molar-refractivity contribution in [2.75, 3.05) is 21.1 Å². The summed E-state index contributed by atoms with van der Waals surface area (Å²) in [7, 11) is 4.50. The molecule has 92 valence electrons. The first-order chi connectivity index (χ1) is 7.84. The van der Waals surface area contributed by atoms with Gasteiger partial charge in [0.05, 0.1) is 0 Å². The SMILES string of the molecule is C=CC(=O)c1ncncn1.CN.CN.CN. The van der Waals surface area contributed by atoms with Crippen LogP contribution in [0.4, 0.5) is 0 Å². The Morgan fingerprint density at radius 2 is 1.50 bits per heavy atom. The fourth-order valence-electron chi connectivity index (χ4n) is 0.458. The van der Waals surface area contributed by atoms with Gasteiger partial charge in [-0.25, -0.2) is 15.0 Å². The molecule has 0 aliphatic carbocycles. The van der Waals surface area contributed by atoms with E-state index in [1.807, 2.05) is 0 Å². The average molecular weight is 228 g/mol. The minimum Gasteiger partial charge on any atom is -0.333 e. The van der Waals surface area contributed by atoms with Crippen molar-refractivity contribution in [2.45, 2.75) is 0 Å². The summed E-state index contributed by atoms with van der Waals surface area (Å²) in [5, 5.41) is 0. The van der Waals surface area contributed by atoms with Crippen LogP contribution in [0.3, 0.4) is 0 Å². The molecule has 0 aliphatic rings. The van der Waals surface area contributed by atoms with Crippen LogP contribution < -0.4 is 17.2 Å². The molecule has 7 heteroatoms. The number of allylic oxidation sites excluding steroid dienone is 1. The van der Waals surface area contributed by atoms with Gasteiger partial charge in [-0.1, -0.05) is 6.58 Å². The number of carbonyl (C=O) groups is 1. The molecule has 0 atom stereocenters. The van der Waals surface area contributed by atoms with Crippen LogP contribution in [-0.2, 0) is 0 Å². The molecule has 16 heavy (non-hydrogen) atoms. The Morgan fingerprint density at radius 3 is 1.81 bits per heavy atom. The molecule has 0 saturated carbocycles. The van der Waals surface area contributed by atoms with Crippen molar-refractivity contribution in [1.82, 2.24) is 15.0 Å². The Labute approximate surface area is 95.8 Å². The molecule has 0 unspecified atom stereocenters. The van der Waals surface area contributed by atoms with E-state index in [4.69, 9.17) is 0 Å². The number of rotatable bonds is 2. The topological polar surface area (TPSA) is 134 Å². The number of nitrogens with zero attached hydrogens (tertiary/aromatic N) is 3. The predicted octanol–water partition coefficient (Wildman–Crippen LogP) is -1.03. The standard InChI is InChI=1S/C6H5N3O.3CH5N/c1-2-5(10)6-8-3-7-4-9-6;3*1-2/h2-4H,1H2;3*2H2,1H3. The van der Waals surface area contributed by atoms with Crippen LogP contribution in [0, 0.1) is 0 Å². The second kappa shape index (κ2) is 19.0. The highest BCUT2D eigenvalue weighted by Gasteiger charge is 2.00. The normalized spacial score (nSPS) is 6.62. The average Bonchev–Trinajstić information content (AvgIpc) is 2.45. The lowest BCUT2D eigenvalue weighted by molar-refractivity contribution is 0.103. The van der Waals surface area contributed by atoms with Crippen molar-refractivity contribution < 1.29 is 4.79 Å². The van der Waals surface area contributed by atoms with E-state index in [0.717, 1.165) is 6.08 Å². The van der Waals surface area contributed by atoms with Crippen molar-refractivity contribution >= 4 is 5.78 Å². The van der Waals surface area contributed by atoms with Crippen molar-refractivity contribution in [3.8, 4) is 0 Å². The number of aromatic nitrogens is 3. The summed E-state index contributed by atoms with van der Waals surface area (Å²) in [6.07, 6.45) is 3.70. The largest absolute Gasteiger partial charge is 0.333 e. The molecule has 1 heterocycles. The van der Waals surface area contributed by atoms with Crippen LogP contribution in [0.15, 0.2) is 25.3 Å². The molecule has 0 saturated heterocycles. The molecule has 6 N–H and O–H groups in total. The number of carbonyl (C=O) groups excluding carboxylic acids is 1. The second-order valence-corrected chi connectivity index (χ2v) is 1.53. The van der Waals surface area contributed by atoms with Crippen LogP contribution in [0.25, 0.3) is 0 Å². The second-order valence-electron chi connectivity index (χ2n) is 1.53. The first-order valence-corrected chi connectivity index (χ1v) is 4.36. The van der Waals surface area contributed by atoms with E-state index in [1.54, 1.807) is 0 Å². The van der Waals surface area contributed by atoms with Crippen LogP contribution in [0.1, 0.15) is 10.6 Å². The van der Waals surface area contributed by atoms with E-state index in [-0.39, 0.29) is 11.6 Å². The molecule has 0 spiro atoms. The maximum atomic E-state index is 10.7. The number of nitrogens with two attached hydrogens (primary N) is 3. The van der Waals surface area contributed by atoms with Gasteiger partial charge in [0.15, 0.2) is 0 Å². The third-order valence-corrected chi connectivity index (χ3v) is 0.899. The van der Waals surface area contributed by atoms with Gasteiger partial charge in [0, 0.05) is 0 Å². The van der Waals surface area contributed by atoms with E-state index in [1.165, 1.54) is 33.8 Å². The molecular formula is C9H20N6O. The van der Waals surface area contributed by atoms with E-state index >= 15 is 0 Å². The van der Waals surface area contributed by atoms with Gasteiger partial charge in [-0.05, 0) is 27.2 Å². The first-order valence-electron chi connectivity index (χ1n) is 4.36. The molecule has 7 nitrogen and oxygen atoms in total. The molecule has 0 aromatic carbocycles. The van der Waals surface area contributed by atoms with Gasteiger partial charge >= 0.3 is 0 Å². The van der Waals surface area contributed by atoms with E-state index in [2.05, 4.69) is 38.7 Å². The van der Waals surface area contributed by atoms with Crippen molar-refractivity contribution in [2.24, 2.45) is 17.2 Å². The Bertz CT molecular complexity index is 251. The van der Waals surface area contributed by atoms with Gasteiger partial charge in [0.2, 0.25) is 11.6 Å². The zero-order valence-corrected chi connectivity index (χ0v) is 9.92. The van der Waals surface area contributed by atoms with Gasteiger partial charge in [0.1, 0.15) is 12.7 Å². The number of hydrogen-bond acceptors (Lipinski definition) is 7. The van der Waals surface area contributed by atoms with Gasteiger partial charge in [-0.2, -0.15) is 0 Å². The summed E-state index contributed by atoms with van der Waals surface area (Å²) in [5.41, 5.74) is 13.5. The number of ketones is 1. The van der Waals surface area contributed by atoms with Gasteiger partial charge in [-0.15, -0.1) is 0 Å². The summed E-state index contributed by atoms with van der Waals surface area (Å²) in [6.45, 7) is 3.29. The Hall–Kier alpha value is -1.70. The summed E-state index contributed by atoms with van der Waals surface area (Å²) in [5.74, 6) is -0.160. The summed E-state index contributed by atoms with van der Waals surface area (Å²) in [6, 6.07) is 0. The highest BCUT2D eigenvalue weighted by molar-refractivity contribution is 6.00. The third kappa shape index (κ3) is 10.4. The van der Waals surface area contributed by atoms with E-state index in [9.17, 15) is 4.79 Å². The monoisotopic (exact) mass is 228 g/mol. The molecule has 0 fully saturated rings. The Kier molecular flexibility index (Phi) is 23.5. The molecule has 0 aliphatic heterocycles. The van der Waals surface area contributed by atoms with Crippen LogP contribution >= 0.6 is 0 Å². The molecular weight excluding hydrogens is 208 g/mol. The fourth-order valence-corrected chi connectivity index (χ4v) is 0.458. The lowest BCUT2D eigenvalue weighted by Crippen LogP contribution is -2.00.